The molecule has 0 bridgehead atoms. The third kappa shape index (κ3) is 1.16. The average Bonchev–Trinajstić information content (AvgIpc) is 3.02. The van der Waals surface area contributed by atoms with Crippen molar-refractivity contribution >= 4 is 16.9 Å². The van der Waals surface area contributed by atoms with Gasteiger partial charge in [-0.2, -0.15) is 0 Å². The summed E-state index contributed by atoms with van der Waals surface area (Å²) in [6.07, 6.45) is 0. The molecule has 1 aliphatic heterocycles. The number of nitrogens with one attached hydrogen (secondary N) is 1. The van der Waals surface area contributed by atoms with E-state index in [2.05, 4.69) is 24.9 Å². The Morgan fingerprint density at radius 1 is 1.17 bits per heavy atom. The highest BCUT2D eigenvalue weighted by Crippen LogP contribution is 2.36. The fraction of sp³-hybridized carbons (Fsp3) is 0.100. The Labute approximate surface area is 99.7 Å². The first kappa shape index (κ1) is 9.28. The smallest absolute Gasteiger partial charge is 0.231 e. The van der Waals surface area contributed by atoms with Crippen LogP contribution in [0.3, 0.4) is 0 Å². The molecule has 0 saturated heterocycles. The van der Waals surface area contributed by atoms with Gasteiger partial charge in [0.15, 0.2) is 28.8 Å². The second-order valence-corrected chi connectivity index (χ2v) is 3.81. The molecule has 0 saturated carbocycles. The van der Waals surface area contributed by atoms with Crippen LogP contribution >= 0.6 is 0 Å². The molecule has 0 atom stereocenters. The summed E-state index contributed by atoms with van der Waals surface area (Å²) in [6, 6.07) is 3.61. The van der Waals surface area contributed by atoms with Gasteiger partial charge in [-0.15, -0.1) is 0 Å². The number of aromatic amines is 1. The molecule has 3 aromatic rings. The first-order valence-corrected chi connectivity index (χ1v) is 5.19. The zero-order valence-corrected chi connectivity index (χ0v) is 9.01. The van der Waals surface area contributed by atoms with E-state index in [0.29, 0.717) is 23.0 Å². The van der Waals surface area contributed by atoms with Crippen LogP contribution in [0, 0.1) is 0 Å². The summed E-state index contributed by atoms with van der Waals surface area (Å²) in [6.45, 7) is 0.231. The lowest BCUT2D eigenvalue weighted by Crippen LogP contribution is -1.93. The van der Waals surface area contributed by atoms with Gasteiger partial charge in [-0.3, -0.25) is 0 Å². The minimum Gasteiger partial charge on any atom is -0.454 e. The summed E-state index contributed by atoms with van der Waals surface area (Å²) in [4.78, 5) is 7.44. The predicted octanol–water partition coefficient (Wildman–Crippen LogP) is 0.924. The van der Waals surface area contributed by atoms with Crippen LogP contribution in [0.5, 0.6) is 11.5 Å². The molecule has 3 N–H and O–H groups in total. The number of benzene rings is 1. The number of nitrogens with zero attached hydrogens (tertiary/aromatic N) is 3. The Kier molecular flexibility index (Phi) is 1.61. The molecule has 0 fully saturated rings. The Bertz CT molecular complexity index is 706. The number of fused-ring (bicyclic) bond motifs is 2. The number of hydrogen-bond acceptors (Lipinski definition) is 7. The Morgan fingerprint density at radius 3 is 2.78 bits per heavy atom. The minimum atomic E-state index is 0.189. The molecule has 90 valence electrons. The highest BCUT2D eigenvalue weighted by atomic mass is 16.7. The molecule has 0 spiro atoms. The van der Waals surface area contributed by atoms with Gasteiger partial charge < -0.3 is 20.2 Å². The van der Waals surface area contributed by atoms with Crippen molar-refractivity contribution in [3.05, 3.63) is 12.1 Å². The normalized spacial score (nSPS) is 13.3. The number of anilines is 1. The third-order valence-corrected chi connectivity index (χ3v) is 2.71. The molecule has 3 heterocycles. The Hall–Kier alpha value is -2.77. The number of aromatic nitrogens is 4. The standard InChI is InChI=1S/C10H7N5O3/c11-9-8(14-18-15-9)10-12-4-1-6-7(17-3-16-6)2-5(4)13-10/h1-2H,3H2,(H2,11,15)(H,12,13). The first-order valence-electron chi connectivity index (χ1n) is 5.19. The summed E-state index contributed by atoms with van der Waals surface area (Å²) < 4.78 is 15.1. The van der Waals surface area contributed by atoms with Gasteiger partial charge in [0, 0.05) is 12.1 Å². The van der Waals surface area contributed by atoms with E-state index in [1.54, 1.807) is 6.07 Å². The lowest BCUT2D eigenvalue weighted by Gasteiger charge is -1.93. The number of ether oxygens (including phenoxy) is 2. The average molecular weight is 245 g/mol. The molecule has 1 aliphatic rings. The number of imidazole rings is 1. The van der Waals surface area contributed by atoms with Gasteiger partial charge in [0.2, 0.25) is 6.79 Å². The van der Waals surface area contributed by atoms with Gasteiger partial charge >= 0.3 is 0 Å². The van der Waals surface area contributed by atoms with E-state index in [9.17, 15) is 0 Å². The molecule has 0 amide bonds. The maximum Gasteiger partial charge on any atom is 0.231 e. The number of nitrogen functional groups attached to an aromatic ring is 1. The van der Waals surface area contributed by atoms with Gasteiger partial charge in [0.05, 0.1) is 11.0 Å². The van der Waals surface area contributed by atoms with Gasteiger partial charge in [-0.05, 0) is 10.3 Å². The van der Waals surface area contributed by atoms with Gasteiger partial charge in [0.25, 0.3) is 0 Å². The van der Waals surface area contributed by atoms with E-state index in [0.717, 1.165) is 11.0 Å². The van der Waals surface area contributed by atoms with Crippen molar-refractivity contribution in [2.75, 3.05) is 12.5 Å². The lowest BCUT2D eigenvalue weighted by atomic mass is 10.3. The van der Waals surface area contributed by atoms with Crippen LogP contribution in [0.4, 0.5) is 5.82 Å². The van der Waals surface area contributed by atoms with Crippen LogP contribution in [0.2, 0.25) is 0 Å². The van der Waals surface area contributed by atoms with Gasteiger partial charge in [0.1, 0.15) is 0 Å². The van der Waals surface area contributed by atoms with Gasteiger partial charge in [-0.25, -0.2) is 9.61 Å². The van der Waals surface area contributed by atoms with Crippen LogP contribution in [0.1, 0.15) is 0 Å². The summed E-state index contributed by atoms with van der Waals surface area (Å²) in [7, 11) is 0. The molecular formula is C10H7N5O3. The second kappa shape index (κ2) is 3.13. The summed E-state index contributed by atoms with van der Waals surface area (Å²) in [5.41, 5.74) is 7.53. The molecular weight excluding hydrogens is 238 g/mol. The molecule has 0 unspecified atom stereocenters. The van der Waals surface area contributed by atoms with Crippen LogP contribution in [-0.2, 0) is 0 Å². The zero-order valence-electron chi connectivity index (χ0n) is 9.01. The number of nitrogens with two attached hydrogens (primary N) is 1. The number of H-pyrrole nitrogens is 1. The Morgan fingerprint density at radius 2 is 2.00 bits per heavy atom. The van der Waals surface area contributed by atoms with E-state index in [4.69, 9.17) is 15.2 Å². The molecule has 0 aliphatic carbocycles. The van der Waals surface area contributed by atoms with Crippen molar-refractivity contribution in [3.63, 3.8) is 0 Å². The van der Waals surface area contributed by atoms with Crippen LogP contribution in [0.15, 0.2) is 16.8 Å². The van der Waals surface area contributed by atoms with Crippen molar-refractivity contribution in [1.29, 1.82) is 0 Å². The molecule has 8 nitrogen and oxygen atoms in total. The largest absolute Gasteiger partial charge is 0.454 e. The summed E-state index contributed by atoms with van der Waals surface area (Å²) in [5.74, 6) is 2.04. The topological polar surface area (TPSA) is 112 Å². The Balaban J connectivity index is 1.93. The van der Waals surface area contributed by atoms with Crippen molar-refractivity contribution in [3.8, 4) is 23.0 Å². The maximum atomic E-state index is 5.61. The van der Waals surface area contributed by atoms with E-state index >= 15 is 0 Å². The second-order valence-electron chi connectivity index (χ2n) is 3.81. The molecule has 18 heavy (non-hydrogen) atoms. The summed E-state index contributed by atoms with van der Waals surface area (Å²) in [5, 5.41) is 7.20. The van der Waals surface area contributed by atoms with Gasteiger partial charge in [-0.1, -0.05) is 0 Å². The van der Waals surface area contributed by atoms with E-state index in [1.807, 2.05) is 6.07 Å². The van der Waals surface area contributed by atoms with Crippen LogP contribution in [0.25, 0.3) is 22.6 Å². The van der Waals surface area contributed by atoms with E-state index in [-0.39, 0.29) is 12.6 Å². The third-order valence-electron chi connectivity index (χ3n) is 2.71. The predicted molar refractivity (Wildman–Crippen MR) is 59.9 cm³/mol. The first-order chi connectivity index (χ1) is 8.81. The van der Waals surface area contributed by atoms with Crippen molar-refractivity contribution < 1.29 is 14.1 Å². The molecule has 0 radical (unpaired) electrons. The fourth-order valence-electron chi connectivity index (χ4n) is 1.87. The quantitative estimate of drug-likeness (QED) is 0.655. The monoisotopic (exact) mass is 245 g/mol. The minimum absolute atomic E-state index is 0.189. The SMILES string of the molecule is Nc1nonc1-c1nc2cc3c(cc2[nH]1)OCO3. The van der Waals surface area contributed by atoms with E-state index < -0.39 is 0 Å². The highest BCUT2D eigenvalue weighted by Gasteiger charge is 2.18. The van der Waals surface area contributed by atoms with Crippen molar-refractivity contribution in [2.45, 2.75) is 0 Å². The van der Waals surface area contributed by atoms with Crippen LogP contribution in [-0.4, -0.2) is 27.1 Å². The summed E-state index contributed by atoms with van der Waals surface area (Å²) >= 11 is 0. The van der Waals surface area contributed by atoms with Crippen molar-refractivity contribution in [2.24, 2.45) is 0 Å². The fourth-order valence-corrected chi connectivity index (χ4v) is 1.87. The number of rotatable bonds is 1. The molecule has 4 rings (SSSR count). The lowest BCUT2D eigenvalue weighted by molar-refractivity contribution is 0.174. The van der Waals surface area contributed by atoms with E-state index in [1.165, 1.54) is 0 Å². The molecule has 8 heteroatoms. The molecule has 2 aromatic heterocycles. The van der Waals surface area contributed by atoms with Crippen LogP contribution < -0.4 is 15.2 Å². The zero-order chi connectivity index (χ0) is 12.1. The maximum absolute atomic E-state index is 5.61. The highest BCUT2D eigenvalue weighted by molar-refractivity contribution is 5.83. The van der Waals surface area contributed by atoms with Crippen molar-refractivity contribution in [1.82, 2.24) is 20.3 Å². The number of hydrogen-bond donors (Lipinski definition) is 2. The molecule has 1 aromatic carbocycles.